The normalized spacial score (nSPS) is 11.1. The van der Waals surface area contributed by atoms with E-state index in [2.05, 4.69) is 46.3 Å². The molecule has 0 bridgehead atoms. The summed E-state index contributed by atoms with van der Waals surface area (Å²) in [6.07, 6.45) is 1.50. The van der Waals surface area contributed by atoms with Gasteiger partial charge in [-0.15, -0.1) is 0 Å². The zero-order chi connectivity index (χ0) is 25.5. The average Bonchev–Trinajstić information content (AvgIpc) is 3.22. The molecule has 1 amide bonds. The highest BCUT2D eigenvalue weighted by molar-refractivity contribution is 7.99. The summed E-state index contributed by atoms with van der Waals surface area (Å²) in [5, 5.41) is 4.80. The number of amides is 1. The van der Waals surface area contributed by atoms with Crippen molar-refractivity contribution in [2.24, 2.45) is 5.10 Å². The van der Waals surface area contributed by atoms with Crippen LogP contribution in [0.5, 0.6) is 11.5 Å². The third-order valence-electron chi connectivity index (χ3n) is 5.26. The number of para-hydroxylation sites is 2. The largest absolute Gasteiger partial charge is 0.493 e. The molecule has 8 nitrogen and oxygen atoms in total. The number of rotatable bonds is 9. The molecule has 0 fully saturated rings. The van der Waals surface area contributed by atoms with Crippen molar-refractivity contribution in [1.29, 1.82) is 0 Å². The number of nitrogens with one attached hydrogen (secondary N) is 1. The van der Waals surface area contributed by atoms with Gasteiger partial charge >= 0.3 is 5.97 Å². The van der Waals surface area contributed by atoms with E-state index in [1.165, 1.54) is 37.6 Å². The fraction of sp³-hybridized carbons (Fsp3) is 0.185. The SMILES string of the molecule is COc1cc(/C=N\NC(=O)CSc2nc3ccccc3n2Cc2ccc(C)cc2)ccc1OC(C)=O. The number of hydrazone groups is 1. The number of imidazole rings is 1. The van der Waals surface area contributed by atoms with Gasteiger partial charge < -0.3 is 14.0 Å². The number of benzene rings is 3. The summed E-state index contributed by atoms with van der Waals surface area (Å²) in [6, 6.07) is 21.3. The number of ether oxygens (including phenoxy) is 2. The quantitative estimate of drug-likeness (QED) is 0.118. The summed E-state index contributed by atoms with van der Waals surface area (Å²) in [6.45, 7) is 4.04. The van der Waals surface area contributed by atoms with Crippen molar-refractivity contribution in [2.75, 3.05) is 12.9 Å². The summed E-state index contributed by atoms with van der Waals surface area (Å²) in [5.74, 6) is 0.170. The van der Waals surface area contributed by atoms with Gasteiger partial charge in [0.05, 0.1) is 36.7 Å². The molecule has 4 rings (SSSR count). The predicted octanol–water partition coefficient (Wildman–Crippen LogP) is 4.57. The van der Waals surface area contributed by atoms with Crippen molar-refractivity contribution in [3.63, 3.8) is 0 Å². The number of aryl methyl sites for hydroxylation is 1. The zero-order valence-electron chi connectivity index (χ0n) is 20.2. The molecule has 0 saturated heterocycles. The molecule has 1 N–H and O–H groups in total. The lowest BCUT2D eigenvalue weighted by atomic mass is 10.1. The van der Waals surface area contributed by atoms with E-state index >= 15 is 0 Å². The monoisotopic (exact) mass is 502 g/mol. The van der Waals surface area contributed by atoms with Crippen LogP contribution in [0, 0.1) is 6.92 Å². The van der Waals surface area contributed by atoms with Crippen LogP contribution >= 0.6 is 11.8 Å². The number of nitrogens with zero attached hydrogens (tertiary/aromatic N) is 3. The Morgan fingerprint density at radius 3 is 2.61 bits per heavy atom. The van der Waals surface area contributed by atoms with Crippen molar-refractivity contribution in [3.8, 4) is 11.5 Å². The van der Waals surface area contributed by atoms with Crippen LogP contribution in [0.3, 0.4) is 0 Å². The van der Waals surface area contributed by atoms with Crippen LogP contribution < -0.4 is 14.9 Å². The van der Waals surface area contributed by atoms with E-state index in [1.807, 2.05) is 24.3 Å². The number of fused-ring (bicyclic) bond motifs is 1. The van der Waals surface area contributed by atoms with Crippen LogP contribution in [0.2, 0.25) is 0 Å². The maximum Gasteiger partial charge on any atom is 0.308 e. The predicted molar refractivity (Wildman–Crippen MR) is 141 cm³/mol. The van der Waals surface area contributed by atoms with Gasteiger partial charge in [-0.3, -0.25) is 9.59 Å². The molecule has 0 aliphatic carbocycles. The fourth-order valence-electron chi connectivity index (χ4n) is 3.54. The average molecular weight is 503 g/mol. The first kappa shape index (κ1) is 25.0. The van der Waals surface area contributed by atoms with Gasteiger partial charge in [0.15, 0.2) is 16.7 Å². The molecule has 0 unspecified atom stereocenters. The van der Waals surface area contributed by atoms with Crippen molar-refractivity contribution in [3.05, 3.63) is 83.4 Å². The molecule has 36 heavy (non-hydrogen) atoms. The Morgan fingerprint density at radius 1 is 1.08 bits per heavy atom. The van der Waals surface area contributed by atoms with E-state index in [4.69, 9.17) is 14.5 Å². The molecule has 184 valence electrons. The molecule has 9 heteroatoms. The molecule has 4 aromatic rings. The van der Waals surface area contributed by atoms with Crippen LogP contribution in [-0.2, 0) is 16.1 Å². The van der Waals surface area contributed by atoms with Gasteiger partial charge in [-0.2, -0.15) is 5.10 Å². The molecule has 0 spiro atoms. The van der Waals surface area contributed by atoms with E-state index in [-0.39, 0.29) is 11.7 Å². The minimum Gasteiger partial charge on any atom is -0.493 e. The molecule has 0 atom stereocenters. The van der Waals surface area contributed by atoms with Gasteiger partial charge in [0.1, 0.15) is 0 Å². The van der Waals surface area contributed by atoms with Crippen molar-refractivity contribution in [1.82, 2.24) is 15.0 Å². The lowest BCUT2D eigenvalue weighted by Gasteiger charge is -2.09. The summed E-state index contributed by atoms with van der Waals surface area (Å²) in [5.41, 5.74) is 7.49. The zero-order valence-corrected chi connectivity index (χ0v) is 21.0. The van der Waals surface area contributed by atoms with Crippen LogP contribution in [0.1, 0.15) is 23.6 Å². The molecular formula is C27H26N4O4S. The lowest BCUT2D eigenvalue weighted by molar-refractivity contribution is -0.132. The van der Waals surface area contributed by atoms with E-state index in [9.17, 15) is 9.59 Å². The third kappa shape index (κ3) is 6.31. The van der Waals surface area contributed by atoms with E-state index in [0.29, 0.717) is 23.6 Å². The van der Waals surface area contributed by atoms with Gasteiger partial charge in [0.2, 0.25) is 0 Å². The van der Waals surface area contributed by atoms with Crippen molar-refractivity contribution in [2.45, 2.75) is 25.5 Å². The highest BCUT2D eigenvalue weighted by Crippen LogP contribution is 2.28. The highest BCUT2D eigenvalue weighted by atomic mass is 32.2. The number of esters is 1. The Hall–Kier alpha value is -4.11. The maximum atomic E-state index is 12.5. The molecule has 0 radical (unpaired) electrons. The minimum absolute atomic E-state index is 0.156. The molecule has 3 aromatic carbocycles. The fourth-order valence-corrected chi connectivity index (χ4v) is 4.34. The molecular weight excluding hydrogens is 476 g/mol. The Bertz CT molecular complexity index is 1410. The van der Waals surface area contributed by atoms with Gasteiger partial charge in [-0.05, 0) is 48.4 Å². The Balaban J connectivity index is 1.41. The maximum absolute atomic E-state index is 12.5. The molecule has 1 heterocycles. The summed E-state index contributed by atoms with van der Waals surface area (Å²) >= 11 is 1.36. The van der Waals surface area contributed by atoms with Crippen molar-refractivity contribution >= 4 is 40.9 Å². The topological polar surface area (TPSA) is 94.8 Å². The second kappa shape index (κ2) is 11.5. The first-order chi connectivity index (χ1) is 17.4. The number of carbonyl (C=O) groups is 2. The van der Waals surface area contributed by atoms with Crippen LogP contribution in [0.25, 0.3) is 11.0 Å². The Labute approximate surface area is 213 Å². The standard InChI is InChI=1S/C27H26N4O4S/c1-18-8-10-20(11-9-18)16-31-23-7-5-4-6-22(23)29-27(31)36-17-26(33)30-28-15-21-12-13-24(35-19(2)32)25(14-21)34-3/h4-15H,16-17H2,1-3H3,(H,30,33)/b28-15-. The van der Waals surface area contributed by atoms with Crippen LogP contribution in [-0.4, -0.2) is 40.5 Å². The van der Waals surface area contributed by atoms with Crippen molar-refractivity contribution < 1.29 is 19.1 Å². The second-order valence-electron chi connectivity index (χ2n) is 8.04. The summed E-state index contributed by atoms with van der Waals surface area (Å²) in [7, 11) is 1.48. The van der Waals surface area contributed by atoms with Gasteiger partial charge in [0, 0.05) is 6.92 Å². The number of methoxy groups -OCH3 is 1. The molecule has 0 aliphatic heterocycles. The number of thioether (sulfide) groups is 1. The Kier molecular flexibility index (Phi) is 8.02. The summed E-state index contributed by atoms with van der Waals surface area (Å²) in [4.78, 5) is 28.4. The van der Waals surface area contributed by atoms with Gasteiger partial charge in [-0.25, -0.2) is 10.4 Å². The van der Waals surface area contributed by atoms with E-state index in [1.54, 1.807) is 18.2 Å². The third-order valence-corrected chi connectivity index (χ3v) is 6.23. The van der Waals surface area contributed by atoms with E-state index in [0.717, 1.165) is 21.8 Å². The van der Waals surface area contributed by atoms with Gasteiger partial charge in [-0.1, -0.05) is 53.7 Å². The summed E-state index contributed by atoms with van der Waals surface area (Å²) < 4.78 is 12.5. The minimum atomic E-state index is -0.438. The van der Waals surface area contributed by atoms with Crippen LogP contribution in [0.4, 0.5) is 0 Å². The number of hydrogen-bond donors (Lipinski definition) is 1. The first-order valence-electron chi connectivity index (χ1n) is 11.2. The van der Waals surface area contributed by atoms with Crippen LogP contribution in [0.15, 0.2) is 77.0 Å². The van der Waals surface area contributed by atoms with Gasteiger partial charge in [0.25, 0.3) is 5.91 Å². The number of hydrogen-bond acceptors (Lipinski definition) is 7. The highest BCUT2D eigenvalue weighted by Gasteiger charge is 2.13. The lowest BCUT2D eigenvalue weighted by Crippen LogP contribution is -2.20. The second-order valence-corrected chi connectivity index (χ2v) is 8.98. The van der Waals surface area contributed by atoms with E-state index < -0.39 is 5.97 Å². The Morgan fingerprint density at radius 2 is 1.86 bits per heavy atom. The first-order valence-corrected chi connectivity index (χ1v) is 12.2. The number of aromatic nitrogens is 2. The molecule has 0 saturated carbocycles. The molecule has 0 aliphatic rings. The molecule has 1 aromatic heterocycles. The number of carbonyl (C=O) groups excluding carboxylic acids is 2. The smallest absolute Gasteiger partial charge is 0.308 e.